The van der Waals surface area contributed by atoms with Gasteiger partial charge in [0.1, 0.15) is 5.78 Å². The highest BCUT2D eigenvalue weighted by molar-refractivity contribution is 5.78. The monoisotopic (exact) mass is 243 g/mol. The summed E-state index contributed by atoms with van der Waals surface area (Å²) in [6.07, 6.45) is 3.87. The molecule has 0 fully saturated rings. The zero-order valence-corrected chi connectivity index (χ0v) is 11.8. The molecule has 3 nitrogen and oxygen atoms in total. The van der Waals surface area contributed by atoms with Gasteiger partial charge in [-0.3, -0.25) is 4.79 Å². The first-order valence-corrected chi connectivity index (χ1v) is 6.62. The summed E-state index contributed by atoms with van der Waals surface area (Å²) in [6.45, 7) is 8.43. The van der Waals surface area contributed by atoms with Crippen LogP contribution < -0.4 is 5.73 Å². The number of hydrogen-bond acceptors (Lipinski definition) is 3. The number of rotatable bonds is 8. The van der Waals surface area contributed by atoms with E-state index in [0.29, 0.717) is 18.6 Å². The van der Waals surface area contributed by atoms with Crippen molar-refractivity contribution < 1.29 is 9.90 Å². The number of carbonyl (C=O) groups excluding carboxylic acids is 1. The van der Waals surface area contributed by atoms with Gasteiger partial charge in [-0.2, -0.15) is 0 Å². The minimum absolute atomic E-state index is 0.0879. The number of aliphatic hydroxyl groups excluding tert-OH is 1. The quantitative estimate of drug-likeness (QED) is 0.688. The minimum Gasteiger partial charge on any atom is -0.396 e. The second-order valence-electron chi connectivity index (χ2n) is 6.45. The Hall–Kier alpha value is -0.410. The molecule has 102 valence electrons. The van der Waals surface area contributed by atoms with Crippen LogP contribution in [0.1, 0.15) is 59.8 Å². The van der Waals surface area contributed by atoms with E-state index in [1.165, 1.54) is 0 Å². The van der Waals surface area contributed by atoms with Gasteiger partial charge in [0.05, 0.1) is 0 Å². The Morgan fingerprint density at radius 2 is 1.94 bits per heavy atom. The number of nitrogens with two attached hydrogens (primary N) is 1. The summed E-state index contributed by atoms with van der Waals surface area (Å²) in [6, 6.07) is 0.111. The van der Waals surface area contributed by atoms with E-state index >= 15 is 0 Å². The van der Waals surface area contributed by atoms with Crippen molar-refractivity contribution in [1.82, 2.24) is 0 Å². The number of ketones is 1. The van der Waals surface area contributed by atoms with Gasteiger partial charge in [-0.25, -0.2) is 0 Å². The molecule has 0 radical (unpaired) electrons. The van der Waals surface area contributed by atoms with Crippen molar-refractivity contribution >= 4 is 5.78 Å². The standard InChI is InChI=1S/C14H29NO2/c1-11(10-16)8-12(15)6-5-7-13(17)9-14(2,3)4/h11-12,16H,5-10,15H2,1-4H3/t11-,12+/m0/s1. The summed E-state index contributed by atoms with van der Waals surface area (Å²) >= 11 is 0. The predicted molar refractivity (Wildman–Crippen MR) is 71.8 cm³/mol. The van der Waals surface area contributed by atoms with E-state index in [9.17, 15) is 4.79 Å². The van der Waals surface area contributed by atoms with Crippen LogP contribution in [0.5, 0.6) is 0 Å². The first-order valence-electron chi connectivity index (χ1n) is 6.62. The Morgan fingerprint density at radius 3 is 2.41 bits per heavy atom. The molecule has 2 atom stereocenters. The van der Waals surface area contributed by atoms with E-state index in [-0.39, 0.29) is 24.0 Å². The van der Waals surface area contributed by atoms with Gasteiger partial charge in [0.25, 0.3) is 0 Å². The third-order valence-electron chi connectivity index (χ3n) is 2.77. The topological polar surface area (TPSA) is 63.3 Å². The fourth-order valence-corrected chi connectivity index (χ4v) is 1.95. The minimum atomic E-state index is 0.0879. The molecule has 0 aliphatic carbocycles. The maximum Gasteiger partial charge on any atom is 0.133 e. The van der Waals surface area contributed by atoms with E-state index in [1.807, 2.05) is 6.92 Å². The van der Waals surface area contributed by atoms with Crippen molar-refractivity contribution in [3.63, 3.8) is 0 Å². The predicted octanol–water partition coefficient (Wildman–Crippen LogP) is 2.51. The molecule has 3 heteroatoms. The Balaban J connectivity index is 3.66. The van der Waals surface area contributed by atoms with Gasteiger partial charge in [0, 0.05) is 25.5 Å². The molecule has 0 bridgehead atoms. The molecule has 0 aromatic heterocycles. The summed E-state index contributed by atoms with van der Waals surface area (Å²) in [5.74, 6) is 0.593. The molecule has 0 aromatic rings. The largest absolute Gasteiger partial charge is 0.396 e. The lowest BCUT2D eigenvalue weighted by molar-refractivity contribution is -0.120. The van der Waals surface area contributed by atoms with Gasteiger partial charge in [-0.15, -0.1) is 0 Å². The van der Waals surface area contributed by atoms with Crippen molar-refractivity contribution in [2.75, 3.05) is 6.61 Å². The highest BCUT2D eigenvalue weighted by Gasteiger charge is 2.16. The Morgan fingerprint density at radius 1 is 1.35 bits per heavy atom. The molecule has 3 N–H and O–H groups in total. The van der Waals surface area contributed by atoms with E-state index in [2.05, 4.69) is 20.8 Å². The highest BCUT2D eigenvalue weighted by Crippen LogP contribution is 2.20. The fraction of sp³-hybridized carbons (Fsp3) is 0.929. The van der Waals surface area contributed by atoms with Crippen LogP contribution in [0.15, 0.2) is 0 Å². The molecular weight excluding hydrogens is 214 g/mol. The maximum atomic E-state index is 11.6. The van der Waals surface area contributed by atoms with E-state index in [4.69, 9.17) is 10.8 Å². The van der Waals surface area contributed by atoms with Crippen molar-refractivity contribution in [2.45, 2.75) is 65.8 Å². The van der Waals surface area contributed by atoms with Crippen molar-refractivity contribution in [3.8, 4) is 0 Å². The molecule has 0 heterocycles. The average Bonchev–Trinajstić information content (AvgIpc) is 2.14. The van der Waals surface area contributed by atoms with Gasteiger partial charge in [0.2, 0.25) is 0 Å². The first kappa shape index (κ1) is 16.6. The molecule has 0 saturated carbocycles. The molecule has 17 heavy (non-hydrogen) atoms. The van der Waals surface area contributed by atoms with E-state index in [0.717, 1.165) is 19.3 Å². The summed E-state index contributed by atoms with van der Waals surface area (Å²) in [7, 11) is 0. The van der Waals surface area contributed by atoms with Crippen molar-refractivity contribution in [1.29, 1.82) is 0 Å². The SMILES string of the molecule is C[C@H](CO)C[C@H](N)CCCC(=O)CC(C)(C)C. The molecule has 0 aromatic carbocycles. The van der Waals surface area contributed by atoms with Crippen LogP contribution in [-0.2, 0) is 4.79 Å². The van der Waals surface area contributed by atoms with Crippen LogP contribution in [0.2, 0.25) is 0 Å². The third kappa shape index (κ3) is 10.5. The maximum absolute atomic E-state index is 11.6. The molecule has 0 unspecified atom stereocenters. The van der Waals surface area contributed by atoms with Crippen LogP contribution in [0.25, 0.3) is 0 Å². The Bertz CT molecular complexity index is 221. The lowest BCUT2D eigenvalue weighted by Crippen LogP contribution is -2.24. The molecule has 0 amide bonds. The van der Waals surface area contributed by atoms with Gasteiger partial charge in [-0.1, -0.05) is 27.7 Å². The number of carbonyl (C=O) groups is 1. The third-order valence-corrected chi connectivity index (χ3v) is 2.77. The summed E-state index contributed by atoms with van der Waals surface area (Å²) in [5, 5.41) is 8.92. The van der Waals surface area contributed by atoms with E-state index in [1.54, 1.807) is 0 Å². The van der Waals surface area contributed by atoms with Gasteiger partial charge in [-0.05, 0) is 30.6 Å². The van der Waals surface area contributed by atoms with Crippen molar-refractivity contribution in [2.24, 2.45) is 17.1 Å². The van der Waals surface area contributed by atoms with Crippen LogP contribution in [-0.4, -0.2) is 23.5 Å². The average molecular weight is 243 g/mol. The Labute approximate surface area is 106 Å². The zero-order chi connectivity index (χ0) is 13.5. The smallest absolute Gasteiger partial charge is 0.133 e. The van der Waals surface area contributed by atoms with Crippen LogP contribution in [0.4, 0.5) is 0 Å². The molecule has 0 rings (SSSR count). The number of hydrogen-bond donors (Lipinski definition) is 2. The van der Waals surface area contributed by atoms with E-state index < -0.39 is 0 Å². The van der Waals surface area contributed by atoms with Crippen molar-refractivity contribution in [3.05, 3.63) is 0 Å². The first-order chi connectivity index (χ1) is 7.74. The molecular formula is C14H29NO2. The summed E-state index contributed by atoms with van der Waals surface area (Å²) < 4.78 is 0. The highest BCUT2D eigenvalue weighted by atomic mass is 16.3. The van der Waals surface area contributed by atoms with Crippen LogP contribution in [0.3, 0.4) is 0 Å². The summed E-state index contributed by atoms with van der Waals surface area (Å²) in [5.41, 5.74) is 6.03. The Kier molecular flexibility index (Phi) is 7.64. The second kappa shape index (κ2) is 7.83. The molecule has 0 aliphatic heterocycles. The van der Waals surface area contributed by atoms with Gasteiger partial charge in [0.15, 0.2) is 0 Å². The van der Waals surface area contributed by atoms with Crippen LogP contribution >= 0.6 is 0 Å². The van der Waals surface area contributed by atoms with Crippen LogP contribution in [0, 0.1) is 11.3 Å². The second-order valence-corrected chi connectivity index (χ2v) is 6.45. The van der Waals surface area contributed by atoms with Gasteiger partial charge >= 0.3 is 0 Å². The lowest BCUT2D eigenvalue weighted by atomic mass is 9.88. The number of Topliss-reactive ketones (excluding diaryl/α,β-unsaturated/α-hetero) is 1. The molecule has 0 aliphatic rings. The molecule has 0 spiro atoms. The molecule has 0 saturated heterocycles. The normalized spacial score (nSPS) is 15.6. The summed E-state index contributed by atoms with van der Waals surface area (Å²) in [4.78, 5) is 11.6. The number of aliphatic hydroxyl groups is 1. The lowest BCUT2D eigenvalue weighted by Gasteiger charge is -2.18. The van der Waals surface area contributed by atoms with Gasteiger partial charge < -0.3 is 10.8 Å². The fourth-order valence-electron chi connectivity index (χ4n) is 1.95. The zero-order valence-electron chi connectivity index (χ0n) is 11.8.